The summed E-state index contributed by atoms with van der Waals surface area (Å²) in [4.78, 5) is 23.0. The van der Waals surface area contributed by atoms with Gasteiger partial charge in [0.1, 0.15) is 6.04 Å². The fourth-order valence-corrected chi connectivity index (χ4v) is 2.59. The number of allylic oxidation sites excluding steroid dienone is 1. The van der Waals surface area contributed by atoms with Gasteiger partial charge >= 0.3 is 12.1 Å². The lowest BCUT2D eigenvalue weighted by Crippen LogP contribution is -2.47. The van der Waals surface area contributed by atoms with Gasteiger partial charge < -0.3 is 15.2 Å². The minimum Gasteiger partial charge on any atom is -0.480 e. The van der Waals surface area contributed by atoms with Crippen molar-refractivity contribution in [2.45, 2.75) is 51.5 Å². The first-order valence-corrected chi connectivity index (χ1v) is 7.31. The fraction of sp³-hybridized carbons (Fsp3) is 0.733. The zero-order valence-electron chi connectivity index (χ0n) is 12.1. The third-order valence-corrected chi connectivity index (χ3v) is 3.73. The summed E-state index contributed by atoms with van der Waals surface area (Å²) in [6.45, 7) is 5.85. The van der Waals surface area contributed by atoms with Crippen molar-refractivity contribution >= 4 is 12.1 Å². The Hall–Kier alpha value is -1.52. The molecular weight excluding hydrogens is 258 g/mol. The number of alkyl carbamates (subject to hydrolysis) is 1. The zero-order chi connectivity index (χ0) is 15.0. The van der Waals surface area contributed by atoms with E-state index in [4.69, 9.17) is 4.74 Å². The first-order chi connectivity index (χ1) is 9.54. The van der Waals surface area contributed by atoms with Crippen LogP contribution in [-0.2, 0) is 9.53 Å². The summed E-state index contributed by atoms with van der Waals surface area (Å²) in [6.07, 6.45) is 6.80. The molecule has 0 aromatic heterocycles. The van der Waals surface area contributed by atoms with E-state index in [2.05, 4.69) is 11.9 Å². The third-order valence-electron chi connectivity index (χ3n) is 3.73. The van der Waals surface area contributed by atoms with Crippen molar-refractivity contribution in [3.8, 4) is 0 Å². The summed E-state index contributed by atoms with van der Waals surface area (Å²) >= 11 is 0. The van der Waals surface area contributed by atoms with E-state index in [0.29, 0.717) is 0 Å². The van der Waals surface area contributed by atoms with Crippen LogP contribution in [0.2, 0.25) is 0 Å². The van der Waals surface area contributed by atoms with Gasteiger partial charge in [0, 0.05) is 0 Å². The van der Waals surface area contributed by atoms with Crippen LogP contribution < -0.4 is 5.32 Å². The van der Waals surface area contributed by atoms with Crippen molar-refractivity contribution in [2.24, 2.45) is 11.8 Å². The second kappa shape index (κ2) is 8.61. The molecule has 1 saturated carbocycles. The second-order valence-corrected chi connectivity index (χ2v) is 5.59. The van der Waals surface area contributed by atoms with Gasteiger partial charge in [0.25, 0.3) is 0 Å². The van der Waals surface area contributed by atoms with E-state index in [1.54, 1.807) is 6.08 Å². The standard InChI is InChI=1S/C15H25NO4/c1-3-7-11(2)10-20-15(19)16-13(14(17)18)12-8-5-4-6-9-12/h3,11-13H,1,4-10H2,2H3,(H,16,19)(H,17,18)/t11?,13-/m0/s1. The van der Waals surface area contributed by atoms with Gasteiger partial charge in [-0.2, -0.15) is 0 Å². The number of hydrogen-bond acceptors (Lipinski definition) is 3. The molecule has 20 heavy (non-hydrogen) atoms. The van der Waals surface area contributed by atoms with E-state index in [9.17, 15) is 14.7 Å². The number of carbonyl (C=O) groups is 2. The van der Waals surface area contributed by atoms with Crippen LogP contribution in [0.1, 0.15) is 45.4 Å². The highest BCUT2D eigenvalue weighted by molar-refractivity contribution is 5.80. The van der Waals surface area contributed by atoms with Gasteiger partial charge in [0.05, 0.1) is 6.61 Å². The summed E-state index contributed by atoms with van der Waals surface area (Å²) in [5.74, 6) is -0.774. The molecule has 0 spiro atoms. The molecule has 0 radical (unpaired) electrons. The third kappa shape index (κ3) is 5.63. The maximum atomic E-state index is 11.7. The maximum Gasteiger partial charge on any atom is 0.407 e. The Bertz CT molecular complexity index is 337. The van der Waals surface area contributed by atoms with Gasteiger partial charge in [-0.3, -0.25) is 0 Å². The predicted molar refractivity (Wildman–Crippen MR) is 76.5 cm³/mol. The number of nitrogens with one attached hydrogen (secondary N) is 1. The predicted octanol–water partition coefficient (Wildman–Crippen LogP) is 2.96. The topological polar surface area (TPSA) is 75.6 Å². The monoisotopic (exact) mass is 283 g/mol. The highest BCUT2D eigenvalue weighted by Gasteiger charge is 2.31. The molecule has 1 rings (SSSR count). The number of carboxylic acids is 1. The van der Waals surface area contributed by atoms with E-state index in [0.717, 1.165) is 38.5 Å². The zero-order valence-corrected chi connectivity index (χ0v) is 12.1. The molecule has 114 valence electrons. The summed E-state index contributed by atoms with van der Waals surface area (Å²) in [5.41, 5.74) is 0. The average molecular weight is 283 g/mol. The van der Waals surface area contributed by atoms with Crippen molar-refractivity contribution in [3.05, 3.63) is 12.7 Å². The number of aliphatic carboxylic acids is 1. The smallest absolute Gasteiger partial charge is 0.407 e. The highest BCUT2D eigenvalue weighted by Crippen LogP contribution is 2.26. The number of ether oxygens (including phenoxy) is 1. The SMILES string of the molecule is C=CCC(C)COC(=O)N[C@H](C(=O)O)C1CCCCC1. The molecule has 1 amide bonds. The Labute approximate surface area is 120 Å². The van der Waals surface area contributed by atoms with Crippen molar-refractivity contribution in [2.75, 3.05) is 6.61 Å². The Balaban J connectivity index is 2.42. The van der Waals surface area contributed by atoms with Gasteiger partial charge in [0.15, 0.2) is 0 Å². The number of rotatable bonds is 7. The van der Waals surface area contributed by atoms with E-state index in [1.165, 1.54) is 0 Å². The second-order valence-electron chi connectivity index (χ2n) is 5.59. The molecule has 0 heterocycles. The van der Waals surface area contributed by atoms with Crippen LogP contribution in [0.25, 0.3) is 0 Å². The molecule has 1 unspecified atom stereocenters. The normalized spacial score (nSPS) is 18.9. The summed E-state index contributed by atoms with van der Waals surface area (Å²) in [6, 6.07) is -0.836. The molecule has 2 N–H and O–H groups in total. The summed E-state index contributed by atoms with van der Waals surface area (Å²) in [5, 5.41) is 11.7. The average Bonchev–Trinajstić information content (AvgIpc) is 2.43. The van der Waals surface area contributed by atoms with Crippen molar-refractivity contribution in [1.29, 1.82) is 0 Å². The number of carbonyl (C=O) groups excluding carboxylic acids is 1. The van der Waals surface area contributed by atoms with E-state index >= 15 is 0 Å². The fourth-order valence-electron chi connectivity index (χ4n) is 2.59. The number of hydrogen-bond donors (Lipinski definition) is 2. The molecule has 0 aliphatic heterocycles. The molecule has 1 aliphatic rings. The van der Waals surface area contributed by atoms with Gasteiger partial charge in [-0.25, -0.2) is 9.59 Å². The molecule has 0 aromatic carbocycles. The lowest BCUT2D eigenvalue weighted by Gasteiger charge is -2.27. The van der Waals surface area contributed by atoms with Gasteiger partial charge in [-0.15, -0.1) is 6.58 Å². The van der Waals surface area contributed by atoms with Crippen LogP contribution in [0.5, 0.6) is 0 Å². The highest BCUT2D eigenvalue weighted by atomic mass is 16.5. The largest absolute Gasteiger partial charge is 0.480 e. The molecule has 5 nitrogen and oxygen atoms in total. The van der Waals surface area contributed by atoms with Crippen LogP contribution in [0.15, 0.2) is 12.7 Å². The van der Waals surface area contributed by atoms with Crippen molar-refractivity contribution in [1.82, 2.24) is 5.32 Å². The molecule has 1 aliphatic carbocycles. The van der Waals surface area contributed by atoms with Crippen LogP contribution >= 0.6 is 0 Å². The minimum absolute atomic E-state index is 0.0133. The Kier molecular flexibility index (Phi) is 7.12. The first-order valence-electron chi connectivity index (χ1n) is 7.31. The molecule has 0 aromatic rings. The van der Waals surface area contributed by atoms with E-state index < -0.39 is 18.1 Å². The minimum atomic E-state index is -0.979. The van der Waals surface area contributed by atoms with Crippen LogP contribution in [0, 0.1) is 11.8 Å². The Morgan fingerprint density at radius 3 is 2.60 bits per heavy atom. The lowest BCUT2D eigenvalue weighted by molar-refractivity contribution is -0.141. The lowest BCUT2D eigenvalue weighted by atomic mass is 9.84. The first kappa shape index (κ1) is 16.5. The molecular formula is C15H25NO4. The maximum absolute atomic E-state index is 11.7. The quantitative estimate of drug-likeness (QED) is 0.704. The van der Waals surface area contributed by atoms with Crippen LogP contribution in [0.3, 0.4) is 0 Å². The van der Waals surface area contributed by atoms with Crippen molar-refractivity contribution < 1.29 is 19.4 Å². The molecule has 2 atom stereocenters. The van der Waals surface area contributed by atoms with Crippen LogP contribution in [-0.4, -0.2) is 29.8 Å². The van der Waals surface area contributed by atoms with Gasteiger partial charge in [-0.05, 0) is 31.1 Å². The van der Waals surface area contributed by atoms with Gasteiger partial charge in [-0.1, -0.05) is 32.3 Å². The van der Waals surface area contributed by atoms with Gasteiger partial charge in [0.2, 0.25) is 0 Å². The molecule has 5 heteroatoms. The van der Waals surface area contributed by atoms with Crippen LogP contribution in [0.4, 0.5) is 4.79 Å². The molecule has 0 bridgehead atoms. The summed E-state index contributed by atoms with van der Waals surface area (Å²) < 4.78 is 5.07. The molecule has 0 saturated heterocycles. The molecule has 1 fully saturated rings. The van der Waals surface area contributed by atoms with E-state index in [-0.39, 0.29) is 18.4 Å². The number of carboxylic acid groups (broad SMARTS) is 1. The number of amides is 1. The Morgan fingerprint density at radius 1 is 1.40 bits per heavy atom. The van der Waals surface area contributed by atoms with Crippen molar-refractivity contribution in [3.63, 3.8) is 0 Å². The Morgan fingerprint density at radius 2 is 2.05 bits per heavy atom. The summed E-state index contributed by atoms with van der Waals surface area (Å²) in [7, 11) is 0. The van der Waals surface area contributed by atoms with E-state index in [1.807, 2.05) is 6.92 Å².